The van der Waals surface area contributed by atoms with Crippen LogP contribution in [-0.2, 0) is 18.2 Å². The molecule has 6 nitrogen and oxygen atoms in total. The fourth-order valence-corrected chi connectivity index (χ4v) is 4.95. The zero-order chi connectivity index (χ0) is 18.4. The molecule has 2 aliphatic carbocycles. The average molecular weight is 365 g/mol. The Morgan fingerprint density at radius 1 is 1.37 bits per heavy atom. The van der Waals surface area contributed by atoms with Crippen LogP contribution in [0.1, 0.15) is 28.7 Å². The van der Waals surface area contributed by atoms with Crippen molar-refractivity contribution in [1.29, 1.82) is 0 Å². The van der Waals surface area contributed by atoms with E-state index in [9.17, 15) is 0 Å². The van der Waals surface area contributed by atoms with E-state index in [2.05, 4.69) is 44.6 Å². The van der Waals surface area contributed by atoms with Crippen molar-refractivity contribution in [3.8, 4) is 0 Å². The molecule has 1 aliphatic heterocycles. The standard InChI is InChI=1S/C21H27N5O/c1-22-21(26-7-8-27-19(13-26)15-10-24-25(2)12-15)23-11-18-17-9-14-5-3-4-6-16(14)20(17)18/h3-6,10,12,17-20H,7-9,11,13H2,1-2H3,(H,22,23). The summed E-state index contributed by atoms with van der Waals surface area (Å²) in [5, 5.41) is 7.91. The molecule has 6 heteroatoms. The molecule has 2 heterocycles. The largest absolute Gasteiger partial charge is 0.370 e. The van der Waals surface area contributed by atoms with E-state index in [1.54, 1.807) is 11.1 Å². The Morgan fingerprint density at radius 3 is 3.07 bits per heavy atom. The Hall–Kier alpha value is -2.34. The maximum absolute atomic E-state index is 5.96. The maximum Gasteiger partial charge on any atom is 0.193 e. The first-order chi connectivity index (χ1) is 13.2. The summed E-state index contributed by atoms with van der Waals surface area (Å²) < 4.78 is 7.79. The molecule has 0 bridgehead atoms. The first-order valence-corrected chi connectivity index (χ1v) is 9.88. The molecule has 2 fully saturated rings. The van der Waals surface area contributed by atoms with Gasteiger partial charge in [-0.2, -0.15) is 5.10 Å². The average Bonchev–Trinajstić information content (AvgIpc) is 3.03. The number of nitrogens with one attached hydrogen (secondary N) is 1. The lowest BCUT2D eigenvalue weighted by Crippen LogP contribution is -2.48. The van der Waals surface area contributed by atoms with Gasteiger partial charge in [-0.25, -0.2) is 0 Å². The van der Waals surface area contributed by atoms with Crippen LogP contribution >= 0.6 is 0 Å². The molecule has 1 saturated heterocycles. The molecule has 2 aromatic rings. The predicted molar refractivity (Wildman–Crippen MR) is 105 cm³/mol. The number of aromatic nitrogens is 2. The molecule has 27 heavy (non-hydrogen) atoms. The summed E-state index contributed by atoms with van der Waals surface area (Å²) in [5.41, 5.74) is 4.26. The van der Waals surface area contributed by atoms with Gasteiger partial charge in [0.25, 0.3) is 0 Å². The van der Waals surface area contributed by atoms with E-state index in [0.29, 0.717) is 6.61 Å². The second-order valence-corrected chi connectivity index (χ2v) is 7.94. The van der Waals surface area contributed by atoms with E-state index in [0.717, 1.165) is 48.9 Å². The van der Waals surface area contributed by atoms with Gasteiger partial charge in [0.2, 0.25) is 0 Å². The molecule has 1 saturated carbocycles. The number of aryl methyl sites for hydroxylation is 1. The molecule has 0 amide bonds. The molecule has 5 rings (SSSR count). The molecule has 0 radical (unpaired) electrons. The van der Waals surface area contributed by atoms with Crippen molar-refractivity contribution in [2.45, 2.75) is 18.4 Å². The lowest BCUT2D eigenvalue weighted by Gasteiger charge is -2.34. The number of hydrogen-bond donors (Lipinski definition) is 1. The van der Waals surface area contributed by atoms with Gasteiger partial charge in [-0.1, -0.05) is 24.3 Å². The number of hydrogen-bond acceptors (Lipinski definition) is 3. The third-order valence-corrected chi connectivity index (χ3v) is 6.37. The number of nitrogens with zero attached hydrogens (tertiary/aromatic N) is 4. The molecule has 1 N–H and O–H groups in total. The minimum atomic E-state index is 0.0539. The van der Waals surface area contributed by atoms with Gasteiger partial charge in [-0.3, -0.25) is 9.67 Å². The Labute approximate surface area is 160 Å². The number of aliphatic imine (C=N–C) groups is 1. The summed E-state index contributed by atoms with van der Waals surface area (Å²) >= 11 is 0. The summed E-state index contributed by atoms with van der Waals surface area (Å²) in [4.78, 5) is 6.85. The predicted octanol–water partition coefficient (Wildman–Crippen LogP) is 1.95. The summed E-state index contributed by atoms with van der Waals surface area (Å²) in [6.07, 6.45) is 5.23. The first-order valence-electron chi connectivity index (χ1n) is 9.88. The van der Waals surface area contributed by atoms with Gasteiger partial charge in [-0.05, 0) is 35.3 Å². The van der Waals surface area contributed by atoms with E-state index in [1.807, 2.05) is 31.2 Å². The monoisotopic (exact) mass is 365 g/mol. The Kier molecular flexibility index (Phi) is 4.16. The summed E-state index contributed by atoms with van der Waals surface area (Å²) in [6, 6.07) is 8.94. The highest BCUT2D eigenvalue weighted by atomic mass is 16.5. The van der Waals surface area contributed by atoms with Crippen LogP contribution in [0.2, 0.25) is 0 Å². The van der Waals surface area contributed by atoms with E-state index in [1.165, 1.54) is 6.42 Å². The minimum absolute atomic E-state index is 0.0539. The van der Waals surface area contributed by atoms with Crippen molar-refractivity contribution in [2.75, 3.05) is 33.3 Å². The van der Waals surface area contributed by atoms with Crippen LogP contribution in [0.5, 0.6) is 0 Å². The summed E-state index contributed by atoms with van der Waals surface area (Å²) in [6.45, 7) is 3.40. The van der Waals surface area contributed by atoms with Crippen molar-refractivity contribution in [2.24, 2.45) is 23.9 Å². The van der Waals surface area contributed by atoms with Crippen molar-refractivity contribution in [3.63, 3.8) is 0 Å². The number of rotatable bonds is 3. The molecule has 1 aromatic heterocycles. The molecular weight excluding hydrogens is 338 g/mol. The van der Waals surface area contributed by atoms with Crippen LogP contribution in [0.25, 0.3) is 0 Å². The summed E-state index contributed by atoms with van der Waals surface area (Å²) in [7, 11) is 3.81. The van der Waals surface area contributed by atoms with Gasteiger partial charge in [-0.15, -0.1) is 0 Å². The number of fused-ring (bicyclic) bond motifs is 3. The van der Waals surface area contributed by atoms with Gasteiger partial charge < -0.3 is 15.0 Å². The molecule has 4 atom stereocenters. The Balaban J connectivity index is 1.19. The molecular formula is C21H27N5O. The lowest BCUT2D eigenvalue weighted by atomic mass is 10.0. The number of morpholine rings is 1. The molecule has 0 spiro atoms. The van der Waals surface area contributed by atoms with Crippen molar-refractivity contribution in [1.82, 2.24) is 20.0 Å². The minimum Gasteiger partial charge on any atom is -0.370 e. The van der Waals surface area contributed by atoms with Crippen LogP contribution < -0.4 is 5.32 Å². The number of guanidine groups is 1. The van der Waals surface area contributed by atoms with Gasteiger partial charge in [0.1, 0.15) is 6.10 Å². The topological polar surface area (TPSA) is 54.7 Å². The molecule has 4 unspecified atom stereocenters. The zero-order valence-electron chi connectivity index (χ0n) is 16.0. The van der Waals surface area contributed by atoms with Crippen LogP contribution in [0.4, 0.5) is 0 Å². The second-order valence-electron chi connectivity index (χ2n) is 7.94. The van der Waals surface area contributed by atoms with Crippen LogP contribution in [0.3, 0.4) is 0 Å². The highest BCUT2D eigenvalue weighted by molar-refractivity contribution is 5.80. The van der Waals surface area contributed by atoms with Crippen molar-refractivity contribution < 1.29 is 4.74 Å². The Morgan fingerprint density at radius 2 is 2.26 bits per heavy atom. The molecule has 3 aliphatic rings. The normalized spacial score (nSPS) is 29.4. The third kappa shape index (κ3) is 3.02. The number of benzene rings is 1. The SMILES string of the molecule is CN=C(NCC1C2Cc3ccccc3C12)N1CCOC(c2cnn(C)c2)C1. The van der Waals surface area contributed by atoms with Crippen LogP contribution in [0.15, 0.2) is 41.7 Å². The smallest absolute Gasteiger partial charge is 0.193 e. The van der Waals surface area contributed by atoms with Crippen molar-refractivity contribution >= 4 is 5.96 Å². The van der Waals surface area contributed by atoms with Gasteiger partial charge in [0.15, 0.2) is 5.96 Å². The zero-order valence-corrected chi connectivity index (χ0v) is 16.0. The van der Waals surface area contributed by atoms with E-state index < -0.39 is 0 Å². The van der Waals surface area contributed by atoms with Crippen LogP contribution in [-0.4, -0.2) is 53.9 Å². The fraction of sp³-hybridized carbons (Fsp3) is 0.524. The van der Waals surface area contributed by atoms with E-state index >= 15 is 0 Å². The maximum atomic E-state index is 5.96. The molecule has 142 valence electrons. The second kappa shape index (κ2) is 6.68. The van der Waals surface area contributed by atoms with Gasteiger partial charge >= 0.3 is 0 Å². The third-order valence-electron chi connectivity index (χ3n) is 6.37. The van der Waals surface area contributed by atoms with Crippen molar-refractivity contribution in [3.05, 3.63) is 53.3 Å². The molecule has 1 aromatic carbocycles. The highest BCUT2D eigenvalue weighted by Gasteiger charge is 2.55. The van der Waals surface area contributed by atoms with E-state index in [4.69, 9.17) is 4.74 Å². The van der Waals surface area contributed by atoms with E-state index in [-0.39, 0.29) is 6.10 Å². The summed E-state index contributed by atoms with van der Waals surface area (Å²) in [5.74, 6) is 3.30. The van der Waals surface area contributed by atoms with Gasteiger partial charge in [0.05, 0.1) is 19.3 Å². The lowest BCUT2D eigenvalue weighted by molar-refractivity contribution is -0.00804. The fourth-order valence-electron chi connectivity index (χ4n) is 4.95. The number of ether oxygens (including phenoxy) is 1. The van der Waals surface area contributed by atoms with Gasteiger partial charge in [0, 0.05) is 38.9 Å². The quantitative estimate of drug-likeness (QED) is 0.667. The van der Waals surface area contributed by atoms with Crippen LogP contribution in [0, 0.1) is 11.8 Å². The Bertz CT molecular complexity index is 860. The first kappa shape index (κ1) is 16.8. The highest BCUT2D eigenvalue weighted by Crippen LogP contribution is 2.60.